The summed E-state index contributed by atoms with van der Waals surface area (Å²) in [7, 11) is -3.03. The van der Waals surface area contributed by atoms with Crippen molar-refractivity contribution < 1.29 is 12.8 Å². The molecular formula is C13H20FNO2S. The van der Waals surface area contributed by atoms with E-state index < -0.39 is 9.84 Å². The molecule has 3 nitrogen and oxygen atoms in total. The predicted molar refractivity (Wildman–Crippen MR) is 71.9 cm³/mol. The first-order chi connectivity index (χ1) is 8.33. The molecule has 0 saturated carbocycles. The first-order valence-electron chi connectivity index (χ1n) is 6.00. The second-order valence-electron chi connectivity index (χ2n) is 4.55. The number of nitrogens with one attached hydrogen (secondary N) is 1. The highest BCUT2D eigenvalue weighted by molar-refractivity contribution is 7.90. The van der Waals surface area contributed by atoms with Crippen molar-refractivity contribution in [3.05, 3.63) is 35.1 Å². The second-order valence-corrected chi connectivity index (χ2v) is 6.81. The summed E-state index contributed by atoms with van der Waals surface area (Å²) in [5, 5.41) is 3.13. The van der Waals surface area contributed by atoms with Crippen molar-refractivity contribution in [2.45, 2.75) is 26.3 Å². The molecule has 0 fully saturated rings. The molecule has 0 bridgehead atoms. The number of hydrogen-bond donors (Lipinski definition) is 1. The molecule has 0 aliphatic carbocycles. The van der Waals surface area contributed by atoms with Gasteiger partial charge < -0.3 is 5.32 Å². The fourth-order valence-electron chi connectivity index (χ4n) is 1.86. The minimum absolute atomic E-state index is 0.0536. The molecule has 1 aromatic rings. The summed E-state index contributed by atoms with van der Waals surface area (Å²) < 4.78 is 36.2. The van der Waals surface area contributed by atoms with Gasteiger partial charge in [0.2, 0.25) is 0 Å². The van der Waals surface area contributed by atoms with Crippen molar-refractivity contribution in [3.63, 3.8) is 0 Å². The molecular weight excluding hydrogens is 253 g/mol. The van der Waals surface area contributed by atoms with Gasteiger partial charge in [-0.05, 0) is 31.5 Å². The van der Waals surface area contributed by atoms with Crippen molar-refractivity contribution in [1.82, 2.24) is 5.32 Å². The molecule has 0 amide bonds. The van der Waals surface area contributed by atoms with Crippen LogP contribution in [0.25, 0.3) is 0 Å². The average molecular weight is 273 g/mol. The van der Waals surface area contributed by atoms with E-state index in [2.05, 4.69) is 5.32 Å². The van der Waals surface area contributed by atoms with E-state index >= 15 is 0 Å². The number of benzene rings is 1. The van der Waals surface area contributed by atoms with E-state index in [0.717, 1.165) is 5.56 Å². The summed E-state index contributed by atoms with van der Waals surface area (Å²) in [6.07, 6.45) is 1.58. The summed E-state index contributed by atoms with van der Waals surface area (Å²) >= 11 is 0. The highest BCUT2D eigenvalue weighted by Crippen LogP contribution is 2.21. The van der Waals surface area contributed by atoms with E-state index in [-0.39, 0.29) is 17.6 Å². The van der Waals surface area contributed by atoms with E-state index in [1.165, 1.54) is 12.3 Å². The van der Waals surface area contributed by atoms with E-state index in [0.29, 0.717) is 18.5 Å². The van der Waals surface area contributed by atoms with Crippen LogP contribution in [0.15, 0.2) is 18.2 Å². The Morgan fingerprint density at radius 2 is 2.06 bits per heavy atom. The quantitative estimate of drug-likeness (QED) is 0.864. The Bertz CT molecular complexity index is 500. The smallest absolute Gasteiger partial charge is 0.147 e. The van der Waals surface area contributed by atoms with Gasteiger partial charge in [0, 0.05) is 17.9 Å². The average Bonchev–Trinajstić information content (AvgIpc) is 2.24. The summed E-state index contributed by atoms with van der Waals surface area (Å²) in [6.45, 7) is 4.41. The fraction of sp³-hybridized carbons (Fsp3) is 0.538. The van der Waals surface area contributed by atoms with E-state index in [1.807, 2.05) is 19.9 Å². The Morgan fingerprint density at radius 1 is 1.39 bits per heavy atom. The minimum atomic E-state index is -3.03. The molecule has 18 heavy (non-hydrogen) atoms. The third-order valence-corrected chi connectivity index (χ3v) is 3.74. The van der Waals surface area contributed by atoms with E-state index in [1.54, 1.807) is 6.07 Å². The van der Waals surface area contributed by atoms with Gasteiger partial charge >= 0.3 is 0 Å². The number of halogens is 1. The molecule has 1 rings (SSSR count). The van der Waals surface area contributed by atoms with Gasteiger partial charge in [-0.1, -0.05) is 19.1 Å². The van der Waals surface area contributed by atoms with Gasteiger partial charge in [-0.15, -0.1) is 0 Å². The van der Waals surface area contributed by atoms with Crippen LogP contribution in [-0.2, 0) is 9.84 Å². The molecule has 0 saturated heterocycles. The maximum absolute atomic E-state index is 13.9. The number of hydrogen-bond acceptors (Lipinski definition) is 3. The topological polar surface area (TPSA) is 46.2 Å². The number of sulfone groups is 1. The standard InChI is InChI=1S/C13H20FNO2S/c1-4-15-13(7-8-18(3,16)17)11-6-5-10(2)9-12(11)14/h5-6,9,13,15H,4,7-8H2,1-3H3. The van der Waals surface area contributed by atoms with Gasteiger partial charge in [0.1, 0.15) is 15.7 Å². The third-order valence-electron chi connectivity index (χ3n) is 2.76. The maximum atomic E-state index is 13.9. The van der Waals surface area contributed by atoms with Crippen molar-refractivity contribution in [2.75, 3.05) is 18.6 Å². The van der Waals surface area contributed by atoms with Crippen LogP contribution < -0.4 is 5.32 Å². The molecule has 0 aromatic heterocycles. The fourth-order valence-corrected chi connectivity index (χ4v) is 2.52. The lowest BCUT2D eigenvalue weighted by Gasteiger charge is -2.18. The first kappa shape index (κ1) is 15.1. The van der Waals surface area contributed by atoms with Crippen LogP contribution in [0.5, 0.6) is 0 Å². The van der Waals surface area contributed by atoms with Gasteiger partial charge in [-0.2, -0.15) is 0 Å². The molecule has 1 aromatic carbocycles. The normalized spacial score (nSPS) is 13.6. The summed E-state index contributed by atoms with van der Waals surface area (Å²) in [5.74, 6) is -0.229. The zero-order chi connectivity index (χ0) is 13.8. The van der Waals surface area contributed by atoms with Gasteiger partial charge in [0.15, 0.2) is 0 Å². The molecule has 0 aliphatic heterocycles. The van der Waals surface area contributed by atoms with E-state index in [4.69, 9.17) is 0 Å². The molecule has 5 heteroatoms. The van der Waals surface area contributed by atoms with Crippen LogP contribution in [0, 0.1) is 12.7 Å². The molecule has 102 valence electrons. The van der Waals surface area contributed by atoms with Crippen molar-refractivity contribution in [1.29, 1.82) is 0 Å². The van der Waals surface area contributed by atoms with Crippen LogP contribution in [0.2, 0.25) is 0 Å². The van der Waals surface area contributed by atoms with Crippen LogP contribution in [-0.4, -0.2) is 27.0 Å². The van der Waals surface area contributed by atoms with Crippen LogP contribution >= 0.6 is 0 Å². The summed E-state index contributed by atoms with van der Waals surface area (Å²) in [5.41, 5.74) is 1.39. The van der Waals surface area contributed by atoms with Crippen molar-refractivity contribution in [2.24, 2.45) is 0 Å². The van der Waals surface area contributed by atoms with Crippen molar-refractivity contribution >= 4 is 9.84 Å². The lowest BCUT2D eigenvalue weighted by Crippen LogP contribution is -2.24. The zero-order valence-corrected chi connectivity index (χ0v) is 11.8. The van der Waals surface area contributed by atoms with Crippen LogP contribution in [0.4, 0.5) is 4.39 Å². The van der Waals surface area contributed by atoms with Gasteiger partial charge in [0.25, 0.3) is 0 Å². The molecule has 1 N–H and O–H groups in total. The Hall–Kier alpha value is -0.940. The lowest BCUT2D eigenvalue weighted by atomic mass is 10.0. The lowest BCUT2D eigenvalue weighted by molar-refractivity contribution is 0.497. The summed E-state index contributed by atoms with van der Waals surface area (Å²) in [4.78, 5) is 0. The molecule has 0 spiro atoms. The van der Waals surface area contributed by atoms with Crippen LogP contribution in [0.3, 0.4) is 0 Å². The molecule has 1 atom stereocenters. The molecule has 1 unspecified atom stereocenters. The van der Waals surface area contributed by atoms with E-state index in [9.17, 15) is 12.8 Å². The highest BCUT2D eigenvalue weighted by atomic mass is 32.2. The summed E-state index contributed by atoms with van der Waals surface area (Å²) in [6, 6.07) is 4.77. The monoisotopic (exact) mass is 273 g/mol. The van der Waals surface area contributed by atoms with Gasteiger partial charge in [-0.25, -0.2) is 12.8 Å². The largest absolute Gasteiger partial charge is 0.310 e. The SMILES string of the molecule is CCNC(CCS(C)(=O)=O)c1ccc(C)cc1F. The number of rotatable bonds is 6. The Balaban J connectivity index is 2.90. The van der Waals surface area contributed by atoms with Gasteiger partial charge in [0.05, 0.1) is 5.75 Å². The Labute approximate surface area is 108 Å². The first-order valence-corrected chi connectivity index (χ1v) is 8.06. The zero-order valence-electron chi connectivity index (χ0n) is 11.0. The highest BCUT2D eigenvalue weighted by Gasteiger charge is 2.16. The molecule has 0 heterocycles. The number of aryl methyl sites for hydroxylation is 1. The molecule has 0 radical (unpaired) electrons. The maximum Gasteiger partial charge on any atom is 0.147 e. The van der Waals surface area contributed by atoms with Crippen LogP contribution in [0.1, 0.15) is 30.5 Å². The minimum Gasteiger partial charge on any atom is -0.310 e. The van der Waals surface area contributed by atoms with Crippen molar-refractivity contribution in [3.8, 4) is 0 Å². The Kier molecular flexibility index (Phi) is 5.28. The third kappa shape index (κ3) is 4.74. The predicted octanol–water partition coefficient (Wildman–Crippen LogP) is 2.22. The van der Waals surface area contributed by atoms with Gasteiger partial charge in [-0.3, -0.25) is 0 Å². The Morgan fingerprint density at radius 3 is 2.56 bits per heavy atom. The second kappa shape index (κ2) is 6.29. The molecule has 0 aliphatic rings.